The van der Waals surface area contributed by atoms with Crippen LogP contribution in [0.3, 0.4) is 0 Å². The van der Waals surface area contributed by atoms with Gasteiger partial charge in [-0.15, -0.1) is 11.8 Å². The zero-order chi connectivity index (χ0) is 33.8. The Balaban J connectivity index is 0.00000235. The summed E-state index contributed by atoms with van der Waals surface area (Å²) in [5, 5.41) is 11.9. The summed E-state index contributed by atoms with van der Waals surface area (Å²) in [6, 6.07) is 7.85. The van der Waals surface area contributed by atoms with Crippen LogP contribution in [0.1, 0.15) is 61.6 Å². The predicted molar refractivity (Wildman–Crippen MR) is 177 cm³/mol. The number of rotatable bonds is 10. The first-order valence-electron chi connectivity index (χ1n) is 14.9. The molecule has 244 valence electrons. The largest absolute Gasteiger partial charge is 0.493 e. The van der Waals surface area contributed by atoms with Gasteiger partial charge in [-0.2, -0.15) is 4.39 Å². The number of thioether (sulfide) groups is 1. The summed E-state index contributed by atoms with van der Waals surface area (Å²) in [5.74, 6) is -3.13. The molecule has 0 saturated carbocycles. The molecule has 0 bridgehead atoms. The third-order valence-corrected chi connectivity index (χ3v) is 8.75. The van der Waals surface area contributed by atoms with Gasteiger partial charge in [0, 0.05) is 41.9 Å². The number of carboxylic acid groups (broad SMARTS) is 1. The molecule has 7 nitrogen and oxygen atoms in total. The van der Waals surface area contributed by atoms with Crippen molar-refractivity contribution in [2.24, 2.45) is 0 Å². The monoisotopic (exact) mass is 653 g/mol. The van der Waals surface area contributed by atoms with E-state index in [2.05, 4.69) is 21.9 Å². The number of H-pyrrole nitrogens is 1. The minimum absolute atomic E-state index is 0.0224. The van der Waals surface area contributed by atoms with Gasteiger partial charge in [-0.25, -0.2) is 13.8 Å². The second kappa shape index (κ2) is 14.4. The summed E-state index contributed by atoms with van der Waals surface area (Å²) in [4.78, 5) is 19.3. The average Bonchev–Trinajstić information content (AvgIpc) is 3.55. The smallest absolute Gasteiger partial charge is 0.303 e. The van der Waals surface area contributed by atoms with Crippen molar-refractivity contribution in [2.45, 2.75) is 57.3 Å². The van der Waals surface area contributed by atoms with Crippen molar-refractivity contribution in [1.82, 2.24) is 9.97 Å². The van der Waals surface area contributed by atoms with E-state index in [-0.39, 0.29) is 35.0 Å². The minimum Gasteiger partial charge on any atom is -0.493 e. The molecule has 0 aliphatic carbocycles. The highest BCUT2D eigenvalue weighted by molar-refractivity contribution is 7.98. The van der Waals surface area contributed by atoms with Crippen molar-refractivity contribution in [2.75, 3.05) is 25.2 Å². The minimum atomic E-state index is -1.18. The van der Waals surface area contributed by atoms with Gasteiger partial charge < -0.3 is 24.9 Å². The standard InChI is InChI=1S/C33H32F3N3O4S.C2H6/c1-6-20-28(37-4)26(35)27(36)30(31(20)44-5)43-19-8-9-23(34)21(15-19)32-38-16-24(39-32)33(3)11-12-42-29-18(7-10-25(40)41)13-17(2)14-22(29)33;1-2/h6,8-9,13-16,37H,1,7,10-12H2,2-5H3,(H,38,39)(H,40,41);1-2H3/t33-;/m0./s1. The van der Waals surface area contributed by atoms with Crippen LogP contribution in [-0.2, 0) is 16.6 Å². The normalized spacial score (nSPS) is 15.2. The molecule has 11 heteroatoms. The van der Waals surface area contributed by atoms with E-state index in [1.54, 1.807) is 12.5 Å². The Morgan fingerprint density at radius 1 is 1.24 bits per heavy atom. The number of carbonyl (C=O) groups is 1. The number of halogens is 3. The maximum absolute atomic E-state index is 15.2. The summed E-state index contributed by atoms with van der Waals surface area (Å²) in [7, 11) is 1.48. The molecular formula is C35H38F3N3O4S. The van der Waals surface area contributed by atoms with Crippen molar-refractivity contribution < 1.29 is 32.5 Å². The van der Waals surface area contributed by atoms with Gasteiger partial charge in [0.05, 0.1) is 22.8 Å². The lowest BCUT2D eigenvalue weighted by molar-refractivity contribution is -0.136. The van der Waals surface area contributed by atoms with Crippen LogP contribution in [0.15, 0.2) is 48.0 Å². The van der Waals surface area contributed by atoms with E-state index in [0.717, 1.165) is 16.7 Å². The first-order chi connectivity index (χ1) is 22.0. The van der Waals surface area contributed by atoms with E-state index in [1.807, 2.05) is 39.8 Å². The second-order valence-corrected chi connectivity index (χ2v) is 11.6. The van der Waals surface area contributed by atoms with Gasteiger partial charge in [-0.05, 0) is 56.7 Å². The summed E-state index contributed by atoms with van der Waals surface area (Å²) in [5.41, 5.74) is 3.20. The quantitative estimate of drug-likeness (QED) is 0.147. The Morgan fingerprint density at radius 3 is 2.63 bits per heavy atom. The van der Waals surface area contributed by atoms with E-state index in [0.29, 0.717) is 41.4 Å². The summed E-state index contributed by atoms with van der Waals surface area (Å²) >= 11 is 1.17. The molecule has 4 aromatic rings. The Morgan fingerprint density at radius 2 is 1.98 bits per heavy atom. The molecule has 3 N–H and O–H groups in total. The zero-order valence-electron chi connectivity index (χ0n) is 26.7. The molecule has 5 rings (SSSR count). The maximum Gasteiger partial charge on any atom is 0.303 e. The van der Waals surface area contributed by atoms with E-state index in [9.17, 15) is 14.3 Å². The Labute approximate surface area is 271 Å². The number of imidazole rings is 1. The number of nitrogens with one attached hydrogen (secondary N) is 2. The lowest BCUT2D eigenvalue weighted by Crippen LogP contribution is -2.32. The van der Waals surface area contributed by atoms with Gasteiger partial charge in [0.15, 0.2) is 11.6 Å². The fraction of sp³-hybridized carbons (Fsp3) is 0.314. The van der Waals surface area contributed by atoms with Gasteiger partial charge in [-0.3, -0.25) is 4.79 Å². The number of aromatic amines is 1. The van der Waals surface area contributed by atoms with E-state index < -0.39 is 28.8 Å². The molecular weight excluding hydrogens is 615 g/mol. The van der Waals surface area contributed by atoms with Gasteiger partial charge in [0.2, 0.25) is 5.82 Å². The molecule has 0 spiro atoms. The SMILES string of the molecule is C=Cc1c(NC)c(F)c(F)c(Oc2ccc(F)c(-c3ncc([C@@]4(C)CCOc5c(CCC(=O)O)cc(C)cc54)[nH]3)c2)c1SC.CC. The molecule has 1 atom stereocenters. The molecule has 1 aromatic heterocycles. The number of aryl methyl sites for hydroxylation is 2. The first kappa shape index (κ1) is 34.5. The van der Waals surface area contributed by atoms with Crippen molar-refractivity contribution in [3.63, 3.8) is 0 Å². The van der Waals surface area contributed by atoms with Crippen LogP contribution in [0, 0.1) is 24.4 Å². The number of aliphatic carboxylic acids is 1. The predicted octanol–water partition coefficient (Wildman–Crippen LogP) is 9.13. The third-order valence-electron chi connectivity index (χ3n) is 7.93. The lowest BCUT2D eigenvalue weighted by atomic mass is 9.74. The molecule has 2 heterocycles. The molecule has 46 heavy (non-hydrogen) atoms. The average molecular weight is 654 g/mol. The topological polar surface area (TPSA) is 96.5 Å². The van der Waals surface area contributed by atoms with Crippen LogP contribution in [-0.4, -0.2) is 41.0 Å². The number of benzene rings is 3. The molecule has 0 amide bonds. The first-order valence-corrected chi connectivity index (χ1v) is 16.2. The number of nitrogens with zero attached hydrogens (tertiary/aromatic N) is 1. The van der Waals surface area contributed by atoms with Crippen molar-refractivity contribution in [3.05, 3.63) is 88.5 Å². The Kier molecular flexibility index (Phi) is 10.8. The van der Waals surface area contributed by atoms with Crippen molar-refractivity contribution in [1.29, 1.82) is 0 Å². The van der Waals surface area contributed by atoms with Gasteiger partial charge in [-0.1, -0.05) is 44.2 Å². The maximum atomic E-state index is 15.2. The highest BCUT2D eigenvalue weighted by Gasteiger charge is 2.38. The molecule has 0 saturated heterocycles. The van der Waals surface area contributed by atoms with Crippen LogP contribution in [0.2, 0.25) is 0 Å². The van der Waals surface area contributed by atoms with Gasteiger partial charge in [0.25, 0.3) is 0 Å². The van der Waals surface area contributed by atoms with Gasteiger partial charge >= 0.3 is 5.97 Å². The van der Waals surface area contributed by atoms with Crippen LogP contribution < -0.4 is 14.8 Å². The molecule has 1 aliphatic heterocycles. The van der Waals surface area contributed by atoms with E-state index in [1.165, 1.54) is 43.1 Å². The van der Waals surface area contributed by atoms with Crippen LogP contribution in [0.4, 0.5) is 18.9 Å². The van der Waals surface area contributed by atoms with Gasteiger partial charge in [0.1, 0.15) is 23.1 Å². The molecule has 1 aliphatic rings. The van der Waals surface area contributed by atoms with Crippen LogP contribution in [0.5, 0.6) is 17.2 Å². The fourth-order valence-electron chi connectivity index (χ4n) is 5.63. The fourth-order valence-corrected chi connectivity index (χ4v) is 6.35. The molecule has 0 radical (unpaired) electrons. The molecule has 0 unspecified atom stereocenters. The summed E-state index contributed by atoms with van der Waals surface area (Å²) in [6.45, 7) is 12.1. The highest BCUT2D eigenvalue weighted by Crippen LogP contribution is 2.46. The van der Waals surface area contributed by atoms with Crippen molar-refractivity contribution >= 4 is 29.5 Å². The number of carboxylic acids is 1. The van der Waals surface area contributed by atoms with E-state index >= 15 is 8.78 Å². The Hall–Kier alpha value is -4.38. The number of fused-ring (bicyclic) bond motifs is 1. The summed E-state index contributed by atoms with van der Waals surface area (Å²) < 4.78 is 57.2. The highest BCUT2D eigenvalue weighted by atomic mass is 32.2. The molecule has 3 aromatic carbocycles. The molecule has 0 fully saturated rings. The number of anilines is 1. The second-order valence-electron chi connectivity index (χ2n) is 10.7. The third kappa shape index (κ3) is 6.46. The number of ether oxygens (including phenoxy) is 2. The van der Waals surface area contributed by atoms with E-state index in [4.69, 9.17) is 9.47 Å². The van der Waals surface area contributed by atoms with Crippen LogP contribution in [0.25, 0.3) is 17.5 Å². The number of aromatic nitrogens is 2. The van der Waals surface area contributed by atoms with Crippen molar-refractivity contribution in [3.8, 4) is 28.6 Å². The zero-order valence-corrected chi connectivity index (χ0v) is 27.6. The number of hydrogen-bond donors (Lipinski definition) is 3. The number of hydrogen-bond acceptors (Lipinski definition) is 6. The van der Waals surface area contributed by atoms with Crippen LogP contribution >= 0.6 is 11.8 Å². The Bertz CT molecular complexity index is 1770. The lowest BCUT2D eigenvalue weighted by Gasteiger charge is -2.36. The summed E-state index contributed by atoms with van der Waals surface area (Å²) in [6.07, 6.45) is 5.68.